The molecule has 1 aromatic heterocycles. The van der Waals surface area contributed by atoms with Crippen molar-refractivity contribution < 1.29 is 4.42 Å². The van der Waals surface area contributed by atoms with E-state index in [4.69, 9.17) is 4.42 Å². The molecule has 0 amide bonds. The molecule has 2 aliphatic heterocycles. The molecule has 3 rings (SSSR count). The SMILES string of the molecule is CC(C)c1nc(CN2[C@H]3CCNC[C@@H]2CC3)co1.Cl.Cl. The van der Waals surface area contributed by atoms with Crippen LogP contribution in [0.15, 0.2) is 10.7 Å². The summed E-state index contributed by atoms with van der Waals surface area (Å²) in [4.78, 5) is 7.23. The molecule has 2 bridgehead atoms. The lowest BCUT2D eigenvalue weighted by molar-refractivity contribution is 0.191. The first-order valence-electron chi connectivity index (χ1n) is 7.15. The Hall–Kier alpha value is -0.290. The second kappa shape index (κ2) is 7.64. The summed E-state index contributed by atoms with van der Waals surface area (Å²) >= 11 is 0. The van der Waals surface area contributed by atoms with Crippen LogP contribution >= 0.6 is 24.8 Å². The van der Waals surface area contributed by atoms with Gasteiger partial charge in [-0.05, 0) is 25.8 Å². The van der Waals surface area contributed by atoms with Crippen LogP contribution in [-0.4, -0.2) is 35.1 Å². The maximum Gasteiger partial charge on any atom is 0.196 e. The Morgan fingerprint density at radius 2 is 2.05 bits per heavy atom. The van der Waals surface area contributed by atoms with Gasteiger partial charge in [0.15, 0.2) is 5.89 Å². The lowest BCUT2D eigenvalue weighted by atomic mass is 10.1. The molecule has 116 valence electrons. The summed E-state index contributed by atoms with van der Waals surface area (Å²) in [5.41, 5.74) is 1.09. The monoisotopic (exact) mass is 321 g/mol. The zero-order valence-corrected chi connectivity index (χ0v) is 13.8. The van der Waals surface area contributed by atoms with E-state index in [1.807, 2.05) is 6.26 Å². The minimum Gasteiger partial charge on any atom is -0.448 e. The molecule has 3 heterocycles. The van der Waals surface area contributed by atoms with E-state index in [0.29, 0.717) is 12.0 Å². The van der Waals surface area contributed by atoms with Gasteiger partial charge < -0.3 is 9.73 Å². The number of nitrogens with zero attached hydrogens (tertiary/aromatic N) is 2. The average Bonchev–Trinajstić information content (AvgIpc) is 2.85. The fraction of sp³-hybridized carbons (Fsp3) is 0.786. The van der Waals surface area contributed by atoms with Crippen molar-refractivity contribution in [2.24, 2.45) is 0 Å². The van der Waals surface area contributed by atoms with E-state index in [2.05, 4.69) is 29.0 Å². The fourth-order valence-corrected chi connectivity index (χ4v) is 3.19. The lowest BCUT2D eigenvalue weighted by Crippen LogP contribution is -2.37. The van der Waals surface area contributed by atoms with E-state index in [-0.39, 0.29) is 24.8 Å². The molecule has 0 aliphatic carbocycles. The minimum atomic E-state index is 0. The Balaban J connectivity index is 0.000001000. The molecular weight excluding hydrogens is 297 g/mol. The van der Waals surface area contributed by atoms with Gasteiger partial charge in [0.1, 0.15) is 6.26 Å². The third-order valence-corrected chi connectivity index (χ3v) is 4.21. The highest BCUT2D eigenvalue weighted by Crippen LogP contribution is 2.29. The lowest BCUT2D eigenvalue weighted by Gasteiger charge is -2.26. The van der Waals surface area contributed by atoms with Gasteiger partial charge in [-0.1, -0.05) is 13.8 Å². The topological polar surface area (TPSA) is 41.3 Å². The summed E-state index contributed by atoms with van der Waals surface area (Å²) in [6, 6.07) is 1.43. The van der Waals surface area contributed by atoms with E-state index in [9.17, 15) is 0 Å². The molecule has 0 spiro atoms. The molecule has 20 heavy (non-hydrogen) atoms. The number of rotatable bonds is 3. The summed E-state index contributed by atoms with van der Waals surface area (Å²) in [5.74, 6) is 1.24. The number of fused-ring (bicyclic) bond motifs is 2. The van der Waals surface area contributed by atoms with Gasteiger partial charge in [0.2, 0.25) is 0 Å². The molecular formula is C14H25Cl2N3O. The van der Waals surface area contributed by atoms with Gasteiger partial charge >= 0.3 is 0 Å². The van der Waals surface area contributed by atoms with Gasteiger partial charge in [-0.3, -0.25) is 4.90 Å². The Labute approximate surface area is 133 Å². The highest BCUT2D eigenvalue weighted by atomic mass is 35.5. The van der Waals surface area contributed by atoms with E-state index in [1.165, 1.54) is 19.3 Å². The third-order valence-electron chi connectivity index (χ3n) is 4.21. The van der Waals surface area contributed by atoms with Gasteiger partial charge in [-0.15, -0.1) is 24.8 Å². The molecule has 0 aromatic carbocycles. The van der Waals surface area contributed by atoms with Crippen LogP contribution in [0.5, 0.6) is 0 Å². The molecule has 2 aliphatic rings. The summed E-state index contributed by atoms with van der Waals surface area (Å²) in [6.07, 6.45) is 5.78. The number of oxazole rings is 1. The highest BCUT2D eigenvalue weighted by Gasteiger charge is 2.35. The molecule has 1 N–H and O–H groups in total. The first kappa shape index (κ1) is 17.8. The van der Waals surface area contributed by atoms with Crippen LogP contribution in [0.4, 0.5) is 0 Å². The van der Waals surface area contributed by atoms with Crippen molar-refractivity contribution >= 4 is 24.8 Å². The van der Waals surface area contributed by atoms with E-state index < -0.39 is 0 Å². The Morgan fingerprint density at radius 1 is 1.30 bits per heavy atom. The first-order valence-corrected chi connectivity index (χ1v) is 7.15. The molecule has 4 nitrogen and oxygen atoms in total. The zero-order valence-electron chi connectivity index (χ0n) is 12.2. The van der Waals surface area contributed by atoms with Crippen LogP contribution in [0, 0.1) is 0 Å². The molecule has 2 saturated heterocycles. The van der Waals surface area contributed by atoms with Crippen LogP contribution in [0.1, 0.15) is 50.6 Å². The zero-order chi connectivity index (χ0) is 12.5. The fourth-order valence-electron chi connectivity index (χ4n) is 3.19. The summed E-state index contributed by atoms with van der Waals surface area (Å²) < 4.78 is 5.54. The van der Waals surface area contributed by atoms with Crippen molar-refractivity contribution in [1.29, 1.82) is 0 Å². The third kappa shape index (κ3) is 3.67. The van der Waals surface area contributed by atoms with Gasteiger partial charge in [-0.2, -0.15) is 0 Å². The van der Waals surface area contributed by atoms with Gasteiger partial charge in [0.25, 0.3) is 0 Å². The quantitative estimate of drug-likeness (QED) is 0.929. The van der Waals surface area contributed by atoms with E-state index >= 15 is 0 Å². The van der Waals surface area contributed by atoms with Gasteiger partial charge in [0, 0.05) is 31.1 Å². The van der Waals surface area contributed by atoms with E-state index in [0.717, 1.165) is 37.3 Å². The number of halogens is 2. The first-order chi connectivity index (χ1) is 8.74. The van der Waals surface area contributed by atoms with Crippen LogP contribution in [0.3, 0.4) is 0 Å². The molecule has 0 saturated carbocycles. The second-order valence-corrected chi connectivity index (χ2v) is 5.88. The van der Waals surface area contributed by atoms with Crippen molar-refractivity contribution in [2.45, 2.75) is 57.7 Å². The van der Waals surface area contributed by atoms with Crippen molar-refractivity contribution in [2.75, 3.05) is 13.1 Å². The van der Waals surface area contributed by atoms with Crippen LogP contribution < -0.4 is 5.32 Å². The summed E-state index contributed by atoms with van der Waals surface area (Å²) in [5, 5.41) is 3.53. The van der Waals surface area contributed by atoms with Crippen LogP contribution in [-0.2, 0) is 6.54 Å². The largest absolute Gasteiger partial charge is 0.448 e. The number of hydrogen-bond donors (Lipinski definition) is 1. The Bertz CT molecular complexity index is 397. The predicted octanol–water partition coefficient (Wildman–Crippen LogP) is 2.97. The molecule has 1 aromatic rings. The summed E-state index contributed by atoms with van der Waals surface area (Å²) in [7, 11) is 0. The summed E-state index contributed by atoms with van der Waals surface area (Å²) in [6.45, 7) is 7.48. The normalized spacial score (nSPS) is 25.9. The molecule has 2 fully saturated rings. The molecule has 0 radical (unpaired) electrons. The van der Waals surface area contributed by atoms with Crippen molar-refractivity contribution in [3.8, 4) is 0 Å². The second-order valence-electron chi connectivity index (χ2n) is 5.88. The number of hydrogen-bond acceptors (Lipinski definition) is 4. The van der Waals surface area contributed by atoms with Crippen molar-refractivity contribution in [3.05, 3.63) is 17.8 Å². The predicted molar refractivity (Wildman–Crippen MR) is 84.9 cm³/mol. The average molecular weight is 322 g/mol. The Kier molecular flexibility index (Phi) is 6.79. The standard InChI is InChI=1S/C14H23N3O.2ClH/c1-10(2)14-16-11(9-18-14)8-17-12-3-4-13(17)7-15-6-5-12;;/h9-10,12-13,15H,3-8H2,1-2H3;2*1H/t12-,13+;;/m1../s1. The van der Waals surface area contributed by atoms with Crippen LogP contribution in [0.2, 0.25) is 0 Å². The number of nitrogens with one attached hydrogen (secondary N) is 1. The van der Waals surface area contributed by atoms with E-state index in [1.54, 1.807) is 0 Å². The van der Waals surface area contributed by atoms with Crippen LogP contribution in [0.25, 0.3) is 0 Å². The minimum absolute atomic E-state index is 0. The van der Waals surface area contributed by atoms with Crippen molar-refractivity contribution in [1.82, 2.24) is 15.2 Å². The van der Waals surface area contributed by atoms with Gasteiger partial charge in [0.05, 0.1) is 5.69 Å². The maximum atomic E-state index is 5.54. The molecule has 6 heteroatoms. The maximum absolute atomic E-state index is 5.54. The van der Waals surface area contributed by atoms with Crippen molar-refractivity contribution in [3.63, 3.8) is 0 Å². The van der Waals surface area contributed by atoms with Gasteiger partial charge in [-0.25, -0.2) is 4.98 Å². The Morgan fingerprint density at radius 3 is 2.75 bits per heavy atom. The highest BCUT2D eigenvalue weighted by molar-refractivity contribution is 5.85. The molecule has 0 unspecified atom stereocenters. The smallest absolute Gasteiger partial charge is 0.196 e. The number of aromatic nitrogens is 1. The molecule has 2 atom stereocenters.